The van der Waals surface area contributed by atoms with Crippen LogP contribution in [0.15, 0.2) is 212 Å². The van der Waals surface area contributed by atoms with Gasteiger partial charge in [0.05, 0.1) is 44.7 Å². The second-order valence-corrected chi connectivity index (χ2v) is 16.4. The van der Waals surface area contributed by atoms with Gasteiger partial charge < -0.3 is 13.7 Å². The molecule has 0 saturated carbocycles. The Balaban J connectivity index is 1.04. The molecule has 4 heterocycles. The van der Waals surface area contributed by atoms with Crippen molar-refractivity contribution in [2.45, 2.75) is 0 Å². The summed E-state index contributed by atoms with van der Waals surface area (Å²) in [5, 5.41) is 18.0. The average Bonchev–Trinajstić information content (AvgIpc) is 4.02. The van der Waals surface area contributed by atoms with Gasteiger partial charge in [-0.25, -0.2) is 15.0 Å². The molecule has 302 valence electrons. The van der Waals surface area contributed by atoms with E-state index in [9.17, 15) is 5.26 Å². The van der Waals surface area contributed by atoms with Gasteiger partial charge in [0.25, 0.3) is 0 Å². The lowest BCUT2D eigenvalue weighted by molar-refractivity contribution is 1.07. The normalized spacial score (nSPS) is 11.7. The standard InChI is InChI=1S/C58H35N7/c59-36-39-33-40(27-30-43(39)58-61-56(37-15-3-1-4-16-37)60-57(62-58)38-17-5-2-6-18-38)63-54-31-28-41(64-50-23-11-7-19-44(50)45-20-8-12-24-51(45)64)34-48(54)49-35-42(29-32-55(49)63)65-52-25-13-9-21-46(52)47-22-10-14-26-53(47)65/h1-35H. The molecule has 0 aliphatic rings. The molecule has 0 amide bonds. The van der Waals surface area contributed by atoms with Crippen LogP contribution in [0.2, 0.25) is 0 Å². The predicted molar refractivity (Wildman–Crippen MR) is 264 cm³/mol. The van der Waals surface area contributed by atoms with Crippen LogP contribution in [0.25, 0.3) is 117 Å². The van der Waals surface area contributed by atoms with Crippen LogP contribution in [0.5, 0.6) is 0 Å². The van der Waals surface area contributed by atoms with Gasteiger partial charge in [0.15, 0.2) is 17.5 Å². The highest BCUT2D eigenvalue weighted by Crippen LogP contribution is 2.40. The molecule has 0 aliphatic carbocycles. The summed E-state index contributed by atoms with van der Waals surface area (Å²) in [5.74, 6) is 1.53. The lowest BCUT2D eigenvalue weighted by Crippen LogP contribution is -2.02. The molecule has 0 saturated heterocycles. The minimum atomic E-state index is 0.440. The van der Waals surface area contributed by atoms with Crippen molar-refractivity contribution < 1.29 is 0 Å². The zero-order chi connectivity index (χ0) is 43.0. The Labute approximate surface area is 373 Å². The van der Waals surface area contributed by atoms with Crippen LogP contribution in [-0.2, 0) is 0 Å². The van der Waals surface area contributed by atoms with Gasteiger partial charge in [-0.05, 0) is 78.9 Å². The van der Waals surface area contributed by atoms with Crippen LogP contribution in [-0.4, -0.2) is 28.7 Å². The Kier molecular flexibility index (Phi) is 8.14. The maximum absolute atomic E-state index is 10.9. The molecule has 0 spiro atoms. The van der Waals surface area contributed by atoms with Crippen molar-refractivity contribution in [2.75, 3.05) is 0 Å². The van der Waals surface area contributed by atoms with E-state index in [2.05, 4.69) is 159 Å². The third kappa shape index (κ3) is 5.71. The highest BCUT2D eigenvalue weighted by Gasteiger charge is 2.21. The number of aromatic nitrogens is 6. The fraction of sp³-hybridized carbons (Fsp3) is 0. The number of fused-ring (bicyclic) bond motifs is 9. The largest absolute Gasteiger partial charge is 0.309 e. The second kappa shape index (κ2) is 14.5. The molecule has 0 aliphatic heterocycles. The van der Waals surface area contributed by atoms with Crippen molar-refractivity contribution in [1.82, 2.24) is 28.7 Å². The Morgan fingerprint density at radius 2 is 0.646 bits per heavy atom. The first-order valence-electron chi connectivity index (χ1n) is 21.7. The van der Waals surface area contributed by atoms with E-state index in [4.69, 9.17) is 15.0 Å². The Bertz CT molecular complexity index is 3740. The summed E-state index contributed by atoms with van der Waals surface area (Å²) in [4.78, 5) is 14.8. The molecule has 4 aromatic heterocycles. The molecule has 0 fully saturated rings. The first-order chi connectivity index (χ1) is 32.2. The summed E-state index contributed by atoms with van der Waals surface area (Å²) >= 11 is 0. The van der Waals surface area contributed by atoms with Crippen molar-refractivity contribution in [3.05, 3.63) is 218 Å². The predicted octanol–water partition coefficient (Wildman–Crippen LogP) is 14.0. The Hall–Kier alpha value is -9.12. The molecule has 0 atom stereocenters. The van der Waals surface area contributed by atoms with Gasteiger partial charge in [-0.15, -0.1) is 0 Å². The van der Waals surface area contributed by atoms with E-state index in [-0.39, 0.29) is 0 Å². The Morgan fingerprint density at radius 1 is 0.308 bits per heavy atom. The molecule has 7 nitrogen and oxygen atoms in total. The summed E-state index contributed by atoms with van der Waals surface area (Å²) in [5.41, 5.74) is 12.5. The quantitative estimate of drug-likeness (QED) is 0.167. The van der Waals surface area contributed by atoms with Gasteiger partial charge >= 0.3 is 0 Å². The second-order valence-electron chi connectivity index (χ2n) is 16.4. The van der Waals surface area contributed by atoms with Crippen molar-refractivity contribution in [3.8, 4) is 57.3 Å². The summed E-state index contributed by atoms with van der Waals surface area (Å²) in [7, 11) is 0. The van der Waals surface area contributed by atoms with Crippen LogP contribution >= 0.6 is 0 Å². The maximum Gasteiger partial charge on any atom is 0.165 e. The zero-order valence-corrected chi connectivity index (χ0v) is 34.8. The van der Waals surface area contributed by atoms with E-state index in [1.807, 2.05) is 72.8 Å². The van der Waals surface area contributed by atoms with Crippen LogP contribution in [0.3, 0.4) is 0 Å². The van der Waals surface area contributed by atoms with Gasteiger partial charge in [0, 0.05) is 66.1 Å². The third-order valence-electron chi connectivity index (χ3n) is 12.7. The number of rotatable bonds is 6. The van der Waals surface area contributed by atoms with E-state index >= 15 is 0 Å². The number of benzene rings is 9. The number of hydrogen-bond donors (Lipinski definition) is 0. The van der Waals surface area contributed by atoms with E-state index in [1.54, 1.807) is 0 Å². The maximum atomic E-state index is 10.9. The van der Waals surface area contributed by atoms with Gasteiger partial charge in [0.1, 0.15) is 0 Å². The molecule has 0 bridgehead atoms. The molecular formula is C58H35N7. The molecule has 0 unspecified atom stereocenters. The molecule has 0 N–H and O–H groups in total. The van der Waals surface area contributed by atoms with Crippen LogP contribution < -0.4 is 0 Å². The lowest BCUT2D eigenvalue weighted by Gasteiger charge is -2.13. The molecule has 13 aromatic rings. The van der Waals surface area contributed by atoms with Crippen LogP contribution in [0.1, 0.15) is 5.56 Å². The van der Waals surface area contributed by atoms with Gasteiger partial charge in [-0.2, -0.15) is 5.26 Å². The molecule has 9 aromatic carbocycles. The van der Waals surface area contributed by atoms with Gasteiger partial charge in [-0.3, -0.25) is 0 Å². The van der Waals surface area contributed by atoms with Gasteiger partial charge in [-0.1, -0.05) is 133 Å². The number of nitrogens with zero attached hydrogens (tertiary/aromatic N) is 7. The topological polar surface area (TPSA) is 77.2 Å². The van der Waals surface area contributed by atoms with Crippen LogP contribution in [0.4, 0.5) is 0 Å². The molecular weight excluding hydrogens is 795 g/mol. The Morgan fingerprint density at radius 3 is 1.06 bits per heavy atom. The molecule has 0 radical (unpaired) electrons. The zero-order valence-electron chi connectivity index (χ0n) is 34.8. The highest BCUT2D eigenvalue weighted by molar-refractivity contribution is 6.14. The molecule has 13 rings (SSSR count). The first-order valence-corrected chi connectivity index (χ1v) is 21.7. The SMILES string of the molecule is N#Cc1cc(-n2c3ccc(-n4c5ccccc5c5ccccc54)cc3c3cc(-n4c5ccccc5c5ccccc54)ccc32)ccc1-c1nc(-c2ccccc2)nc(-c2ccccc2)n1. The fourth-order valence-corrected chi connectivity index (χ4v) is 9.84. The van der Waals surface area contributed by atoms with E-state index < -0.39 is 0 Å². The molecule has 7 heteroatoms. The lowest BCUT2D eigenvalue weighted by atomic mass is 10.1. The number of hydrogen-bond acceptors (Lipinski definition) is 4. The first kappa shape index (κ1) is 36.5. The van der Waals surface area contributed by atoms with E-state index in [0.29, 0.717) is 28.6 Å². The highest BCUT2D eigenvalue weighted by atomic mass is 15.0. The number of nitriles is 1. The minimum Gasteiger partial charge on any atom is -0.309 e. The summed E-state index contributed by atoms with van der Waals surface area (Å²) in [6, 6.07) is 76.3. The van der Waals surface area contributed by atoms with E-state index in [1.165, 1.54) is 21.5 Å². The fourth-order valence-electron chi connectivity index (χ4n) is 9.84. The van der Waals surface area contributed by atoms with E-state index in [0.717, 1.165) is 72.1 Å². The summed E-state index contributed by atoms with van der Waals surface area (Å²) in [6.07, 6.45) is 0. The van der Waals surface area contributed by atoms with Crippen molar-refractivity contribution in [3.63, 3.8) is 0 Å². The van der Waals surface area contributed by atoms with Crippen molar-refractivity contribution >= 4 is 65.4 Å². The van der Waals surface area contributed by atoms with Crippen molar-refractivity contribution in [1.29, 1.82) is 5.26 Å². The average molecular weight is 830 g/mol. The van der Waals surface area contributed by atoms with Gasteiger partial charge in [0.2, 0.25) is 0 Å². The van der Waals surface area contributed by atoms with Crippen molar-refractivity contribution in [2.24, 2.45) is 0 Å². The summed E-state index contributed by atoms with van der Waals surface area (Å²) < 4.78 is 7.02. The molecule has 65 heavy (non-hydrogen) atoms. The smallest absolute Gasteiger partial charge is 0.165 e. The van der Waals surface area contributed by atoms with Crippen LogP contribution in [0, 0.1) is 11.3 Å². The summed E-state index contributed by atoms with van der Waals surface area (Å²) in [6.45, 7) is 0. The monoisotopic (exact) mass is 829 g/mol. The minimum absolute atomic E-state index is 0.440. The number of para-hydroxylation sites is 4. The third-order valence-corrected chi connectivity index (χ3v) is 12.7.